The molecule has 0 amide bonds. The summed E-state index contributed by atoms with van der Waals surface area (Å²) in [6, 6.07) is -7.39. The molecule has 0 aromatic heterocycles. The minimum absolute atomic E-state index is 3.69. The van der Waals surface area contributed by atoms with Crippen LogP contribution in [0.2, 0.25) is 0 Å². The first-order valence-corrected chi connectivity index (χ1v) is 3.88. The van der Waals surface area contributed by atoms with Gasteiger partial charge in [0.05, 0.1) is 0 Å². The molecule has 134 valence electrons. The Kier molecular flexibility index (Phi) is 9.41. The van der Waals surface area contributed by atoms with Crippen molar-refractivity contribution >= 4 is 12.1 Å². The molecule has 0 radical (unpaired) electrons. The second-order valence-corrected chi connectivity index (χ2v) is 2.69. The summed E-state index contributed by atoms with van der Waals surface area (Å²) in [5, 5.41) is 12.0. The van der Waals surface area contributed by atoms with E-state index in [1.54, 1.807) is 0 Å². The Labute approximate surface area is 110 Å². The molecule has 0 heterocycles. The van der Waals surface area contributed by atoms with E-state index >= 15 is 0 Å². The van der Waals surface area contributed by atoms with E-state index in [1.165, 1.54) is 0 Å². The average molecular weight is 366 g/mol. The van der Waals surface area contributed by atoms with E-state index in [0.29, 0.717) is 0 Å². The van der Waals surface area contributed by atoms with Gasteiger partial charge in [-0.2, -0.15) is 52.7 Å². The van der Waals surface area contributed by atoms with Gasteiger partial charge in [0, 0.05) is 0 Å². The van der Waals surface area contributed by atoms with E-state index in [2.05, 4.69) is 0 Å². The fourth-order valence-electron chi connectivity index (χ4n) is 0.223. The van der Waals surface area contributed by atoms with Gasteiger partial charge in [-0.05, 0) is 0 Å². The predicted octanol–water partition coefficient (Wildman–Crippen LogP) is 3.38. The summed E-state index contributed by atoms with van der Waals surface area (Å²) in [7, 11) is 0. The Bertz CT molecular complexity index is 333. The lowest BCUT2D eigenvalue weighted by Gasteiger charge is -2.12. The molecule has 0 rings (SSSR count). The topological polar surface area (TPSA) is 74.6 Å². The van der Waals surface area contributed by atoms with Gasteiger partial charge >= 0.3 is 36.3 Å². The van der Waals surface area contributed by atoms with Crippen LogP contribution in [0, 0.1) is 0 Å². The second kappa shape index (κ2) is 8.16. The summed E-state index contributed by atoms with van der Waals surface area (Å²) in [6.07, 6.45) is -12.3. The molecule has 0 aliphatic heterocycles. The molecule has 0 aliphatic carbocycles. The summed E-state index contributed by atoms with van der Waals surface area (Å²) in [4.78, 5) is 18.0. The average Bonchev–Trinajstić information content (AvgIpc) is 2.29. The lowest BCUT2D eigenvalue weighted by molar-refractivity contribution is -0.274. The maximum atomic E-state index is 11.2. The fourth-order valence-corrected chi connectivity index (χ4v) is 0.223. The van der Waals surface area contributed by atoms with Gasteiger partial charge in [-0.25, -0.2) is 0 Å². The zero-order valence-electron chi connectivity index (χ0n) is 9.25. The van der Waals surface area contributed by atoms with Gasteiger partial charge in [-0.15, -0.1) is 0 Å². The number of hydrogen-bond donors (Lipinski definition) is 2. The molecule has 0 atom stereocenters. The Balaban J connectivity index is -0.000000294. The van der Waals surface area contributed by atoms with Crippen molar-refractivity contribution in [1.29, 1.82) is 0 Å². The maximum absolute atomic E-state index is 11.2. The summed E-state index contributed by atoms with van der Waals surface area (Å²) >= 11 is 0. The van der Waals surface area contributed by atoms with Crippen LogP contribution < -0.4 is 0 Å². The van der Waals surface area contributed by atoms with Crippen LogP contribution in [0.5, 0.6) is 0 Å². The number of carbonyl (C=O) groups is 2. The summed E-state index contributed by atoms with van der Waals surface area (Å²) in [5.74, 6) is -11.7. The predicted molar refractivity (Wildman–Crippen MR) is 39.5 cm³/mol. The number of rotatable bonds is 2. The van der Waals surface area contributed by atoms with Crippen LogP contribution in [0.15, 0.2) is 0 Å². The van der Waals surface area contributed by atoms with Crippen molar-refractivity contribution in [3.8, 4) is 0 Å². The van der Waals surface area contributed by atoms with Crippen LogP contribution >= 0.6 is 0 Å². The second-order valence-electron chi connectivity index (χ2n) is 2.69. The zero-order valence-corrected chi connectivity index (χ0v) is 9.25. The van der Waals surface area contributed by atoms with Crippen molar-refractivity contribution < 1.29 is 72.8 Å². The molecular weight excluding hydrogens is 364 g/mol. The minimum atomic E-state index is -6.14. The van der Waals surface area contributed by atoms with Crippen LogP contribution in [0.25, 0.3) is 0 Å². The molecule has 22 heavy (non-hydrogen) atoms. The van der Waals surface area contributed by atoms with E-state index in [0.717, 1.165) is 0 Å². The van der Waals surface area contributed by atoms with Crippen LogP contribution in [0.3, 0.4) is 0 Å². The highest BCUT2D eigenvalue weighted by atomic mass is 19.4. The van der Waals surface area contributed by atoms with Gasteiger partial charge in [-0.3, -0.25) is 20.1 Å². The molecule has 4 nitrogen and oxygen atoms in total. The van der Waals surface area contributed by atoms with Crippen LogP contribution in [0.4, 0.5) is 52.7 Å². The van der Waals surface area contributed by atoms with Crippen LogP contribution in [-0.2, 0) is 9.59 Å². The zero-order chi connectivity index (χ0) is 19.2. The van der Waals surface area contributed by atoms with Crippen molar-refractivity contribution in [3.63, 3.8) is 0 Å². The third-order valence-corrected chi connectivity index (χ3v) is 1.21. The molecule has 0 saturated carbocycles. The van der Waals surface area contributed by atoms with Crippen molar-refractivity contribution in [2.24, 2.45) is 0 Å². The van der Waals surface area contributed by atoms with Crippen LogP contribution in [-0.4, -0.2) is 46.8 Å². The Hall–Kier alpha value is -1.58. The van der Waals surface area contributed by atoms with Gasteiger partial charge in [-0.1, -0.05) is 0 Å². The smallest absolute Gasteiger partial charge is 0.255 e. The third-order valence-electron chi connectivity index (χ3n) is 1.21. The highest BCUT2D eigenvalue weighted by Gasteiger charge is 2.64. The molecule has 0 aromatic carbocycles. The minimum Gasteiger partial charge on any atom is -0.255 e. The number of hydrogen-bond acceptors (Lipinski definition) is 4. The molecule has 0 saturated heterocycles. The lowest BCUT2D eigenvalue weighted by Crippen LogP contribution is -2.41. The molecular formula is C6H2F12O4. The molecule has 0 aromatic rings. The largest absolute Gasteiger partial charge is 0.464 e. The summed E-state index contributed by atoms with van der Waals surface area (Å²) in [6.45, 7) is 0. The maximum Gasteiger partial charge on any atom is 0.464 e. The van der Waals surface area contributed by atoms with E-state index in [9.17, 15) is 52.7 Å². The molecule has 0 spiro atoms. The van der Waals surface area contributed by atoms with E-state index in [1.807, 2.05) is 0 Å². The first kappa shape index (κ1) is 25.4. The fraction of sp³-hybridized carbons (Fsp3) is 0.667. The first-order chi connectivity index (χ1) is 9.39. The van der Waals surface area contributed by atoms with E-state index in [-0.39, 0.29) is 0 Å². The highest BCUT2D eigenvalue weighted by Crippen LogP contribution is 2.36. The normalized spacial score (nSPS) is 12.5. The van der Waals surface area contributed by atoms with Crippen LogP contribution in [0.1, 0.15) is 0 Å². The standard InChI is InChI=1S/2C3F6O.H2O2/c2*4-1(10)2(5,6)3(7,8)9;1-2/h;;1-2H. The quantitative estimate of drug-likeness (QED) is 0.340. The monoisotopic (exact) mass is 366 g/mol. The number of alkyl halides is 10. The van der Waals surface area contributed by atoms with Gasteiger partial charge in [0.15, 0.2) is 0 Å². The highest BCUT2D eigenvalue weighted by molar-refractivity contribution is 5.77. The van der Waals surface area contributed by atoms with Gasteiger partial charge in [0.25, 0.3) is 0 Å². The summed E-state index contributed by atoms with van der Waals surface area (Å²) in [5.41, 5.74) is 0. The Morgan fingerprint density at radius 3 is 0.682 bits per heavy atom. The number of carbonyl (C=O) groups excluding carboxylic acids is 2. The molecule has 0 fully saturated rings. The lowest BCUT2D eigenvalue weighted by atomic mass is 10.3. The van der Waals surface area contributed by atoms with Crippen molar-refractivity contribution in [2.45, 2.75) is 24.2 Å². The molecule has 2 N–H and O–H groups in total. The van der Waals surface area contributed by atoms with Gasteiger partial charge in [0.2, 0.25) is 0 Å². The third kappa shape index (κ3) is 6.92. The SMILES string of the molecule is O=C(F)C(F)(F)C(F)(F)F.O=C(F)C(F)(F)C(F)(F)F.OO. The van der Waals surface area contributed by atoms with Gasteiger partial charge in [0.1, 0.15) is 0 Å². The molecule has 0 bridgehead atoms. The van der Waals surface area contributed by atoms with E-state index < -0.39 is 36.3 Å². The Morgan fingerprint density at radius 2 is 0.682 bits per heavy atom. The summed E-state index contributed by atoms with van der Waals surface area (Å²) < 4.78 is 132. The van der Waals surface area contributed by atoms with Crippen molar-refractivity contribution in [1.82, 2.24) is 0 Å². The Morgan fingerprint density at radius 1 is 0.545 bits per heavy atom. The number of halogens is 12. The van der Waals surface area contributed by atoms with Crippen molar-refractivity contribution in [2.75, 3.05) is 0 Å². The molecule has 16 heteroatoms. The van der Waals surface area contributed by atoms with E-state index in [4.69, 9.17) is 20.1 Å². The molecule has 0 aliphatic rings. The van der Waals surface area contributed by atoms with Crippen molar-refractivity contribution in [3.05, 3.63) is 0 Å². The van der Waals surface area contributed by atoms with Gasteiger partial charge < -0.3 is 0 Å². The first-order valence-electron chi connectivity index (χ1n) is 3.88. The molecule has 0 unspecified atom stereocenters.